The molecule has 7 heteroatoms. The van der Waals surface area contributed by atoms with Crippen LogP contribution in [0.25, 0.3) is 22.0 Å². The predicted molar refractivity (Wildman–Crippen MR) is 117 cm³/mol. The number of hydrogen-bond donors (Lipinski definition) is 1. The fourth-order valence-electron chi connectivity index (χ4n) is 4.33. The van der Waals surface area contributed by atoms with Crippen LogP contribution in [-0.2, 0) is 0 Å². The Morgan fingerprint density at radius 1 is 1.03 bits per heavy atom. The molecule has 0 saturated carbocycles. The van der Waals surface area contributed by atoms with Crippen LogP contribution in [0.15, 0.2) is 42.7 Å². The first-order valence-electron chi connectivity index (χ1n) is 10.7. The van der Waals surface area contributed by atoms with E-state index in [1.54, 1.807) is 0 Å². The van der Waals surface area contributed by atoms with Crippen molar-refractivity contribution >= 4 is 22.9 Å². The maximum Gasteiger partial charge on any atom is 0.320 e. The van der Waals surface area contributed by atoms with Crippen LogP contribution in [0.3, 0.4) is 0 Å². The van der Waals surface area contributed by atoms with Crippen molar-refractivity contribution in [1.29, 1.82) is 0 Å². The summed E-state index contributed by atoms with van der Waals surface area (Å²) in [5.74, 6) is 0.607. The summed E-state index contributed by atoms with van der Waals surface area (Å²) in [7, 11) is 0. The molecule has 2 aliphatic heterocycles. The van der Waals surface area contributed by atoms with Crippen LogP contribution >= 0.6 is 0 Å². The van der Waals surface area contributed by atoms with Crippen LogP contribution in [0.5, 0.6) is 0 Å². The summed E-state index contributed by atoms with van der Waals surface area (Å²) < 4.78 is 0. The van der Waals surface area contributed by atoms with E-state index in [2.05, 4.69) is 27.4 Å². The van der Waals surface area contributed by atoms with Gasteiger partial charge in [0, 0.05) is 66.8 Å². The summed E-state index contributed by atoms with van der Waals surface area (Å²) in [6.45, 7) is 5.23. The van der Waals surface area contributed by atoms with Crippen molar-refractivity contribution in [2.45, 2.75) is 32.2 Å². The summed E-state index contributed by atoms with van der Waals surface area (Å²) in [5.41, 5.74) is 3.98. The highest BCUT2D eigenvalue weighted by Gasteiger charge is 2.30. The predicted octanol–water partition coefficient (Wildman–Crippen LogP) is 3.70. The summed E-state index contributed by atoms with van der Waals surface area (Å²) in [6, 6.07) is 10.5. The van der Waals surface area contributed by atoms with Crippen molar-refractivity contribution in [3.05, 3.63) is 48.4 Å². The highest BCUT2D eigenvalue weighted by Crippen LogP contribution is 2.27. The van der Waals surface area contributed by atoms with Gasteiger partial charge in [-0.15, -0.1) is 0 Å². The fourth-order valence-corrected chi connectivity index (χ4v) is 4.33. The van der Waals surface area contributed by atoms with Gasteiger partial charge in [-0.3, -0.25) is 4.98 Å². The fraction of sp³-hybridized carbons (Fsp3) is 0.391. The number of carbonyl (C=O) groups is 1. The van der Waals surface area contributed by atoms with E-state index >= 15 is 0 Å². The highest BCUT2D eigenvalue weighted by molar-refractivity contribution is 5.93. The Bertz CT molecular complexity index is 1060. The van der Waals surface area contributed by atoms with Crippen molar-refractivity contribution < 1.29 is 4.79 Å². The van der Waals surface area contributed by atoms with E-state index in [1.807, 2.05) is 47.3 Å². The van der Waals surface area contributed by atoms with Gasteiger partial charge in [0.05, 0.1) is 5.52 Å². The Morgan fingerprint density at radius 2 is 1.90 bits per heavy atom. The average Bonchev–Trinajstić information content (AvgIpc) is 3.46. The second-order valence-electron chi connectivity index (χ2n) is 8.18. The van der Waals surface area contributed by atoms with Crippen molar-refractivity contribution in [2.24, 2.45) is 0 Å². The van der Waals surface area contributed by atoms with Gasteiger partial charge in [-0.05, 0) is 32.3 Å². The molecule has 3 aromatic rings. The summed E-state index contributed by atoms with van der Waals surface area (Å²) in [6.07, 6.45) is 6.89. The number of pyridine rings is 1. The van der Waals surface area contributed by atoms with E-state index in [0.29, 0.717) is 12.5 Å². The smallest absolute Gasteiger partial charge is 0.320 e. The number of rotatable bonds is 3. The number of fused-ring (bicyclic) bond motifs is 1. The lowest BCUT2D eigenvalue weighted by Gasteiger charge is -2.24. The minimum absolute atomic E-state index is 0.169. The van der Waals surface area contributed by atoms with E-state index in [0.717, 1.165) is 66.6 Å². The van der Waals surface area contributed by atoms with Gasteiger partial charge < -0.3 is 15.1 Å². The summed E-state index contributed by atoms with van der Waals surface area (Å²) in [5, 5.41) is 4.44. The van der Waals surface area contributed by atoms with E-state index in [4.69, 9.17) is 4.98 Å². The molecule has 2 aromatic heterocycles. The van der Waals surface area contributed by atoms with Crippen LogP contribution in [0.2, 0.25) is 0 Å². The summed E-state index contributed by atoms with van der Waals surface area (Å²) >= 11 is 0. The van der Waals surface area contributed by atoms with E-state index < -0.39 is 0 Å². The zero-order valence-electron chi connectivity index (χ0n) is 17.2. The van der Waals surface area contributed by atoms with E-state index in [1.165, 1.54) is 0 Å². The Balaban J connectivity index is 1.35. The van der Waals surface area contributed by atoms with Crippen LogP contribution in [0, 0.1) is 6.92 Å². The van der Waals surface area contributed by atoms with E-state index in [-0.39, 0.29) is 12.1 Å². The largest absolute Gasteiger partial charge is 0.350 e. The molecule has 30 heavy (non-hydrogen) atoms. The van der Waals surface area contributed by atoms with Crippen molar-refractivity contribution in [3.63, 3.8) is 0 Å². The molecule has 154 valence electrons. The van der Waals surface area contributed by atoms with Crippen LogP contribution < -0.4 is 5.32 Å². The number of benzene rings is 1. The van der Waals surface area contributed by atoms with Gasteiger partial charge in [-0.25, -0.2) is 14.8 Å². The zero-order chi connectivity index (χ0) is 20.5. The number of aromatic nitrogens is 3. The summed E-state index contributed by atoms with van der Waals surface area (Å²) in [4.78, 5) is 30.3. The zero-order valence-corrected chi connectivity index (χ0v) is 17.2. The highest BCUT2D eigenvalue weighted by atomic mass is 16.2. The first-order chi connectivity index (χ1) is 14.7. The van der Waals surface area contributed by atoms with Crippen molar-refractivity contribution in [3.8, 4) is 11.1 Å². The van der Waals surface area contributed by atoms with Gasteiger partial charge in [-0.1, -0.05) is 24.3 Å². The molecule has 0 aliphatic carbocycles. The lowest BCUT2D eigenvalue weighted by molar-refractivity contribution is 0.172. The number of hydrogen-bond acceptors (Lipinski definition) is 5. The van der Waals surface area contributed by atoms with E-state index in [9.17, 15) is 4.79 Å². The third-order valence-corrected chi connectivity index (χ3v) is 6.00. The van der Waals surface area contributed by atoms with Gasteiger partial charge in [0.15, 0.2) is 0 Å². The molecule has 0 spiro atoms. The number of anilines is 1. The molecule has 4 heterocycles. The molecule has 0 radical (unpaired) electrons. The Hall–Kier alpha value is -3.22. The molecule has 1 atom stereocenters. The normalized spacial score (nSPS) is 18.9. The van der Waals surface area contributed by atoms with Gasteiger partial charge in [0.2, 0.25) is 5.95 Å². The molecule has 1 aromatic carbocycles. The maximum absolute atomic E-state index is 12.6. The Kier molecular flexibility index (Phi) is 4.94. The molecule has 7 nitrogen and oxygen atoms in total. The van der Waals surface area contributed by atoms with Gasteiger partial charge in [-0.2, -0.15) is 0 Å². The number of carbonyl (C=O) groups excluding carboxylic acids is 1. The molecule has 2 amide bonds. The van der Waals surface area contributed by atoms with Crippen molar-refractivity contribution in [2.75, 3.05) is 31.5 Å². The quantitative estimate of drug-likeness (QED) is 0.723. The number of nitrogens with one attached hydrogen (secondary N) is 1. The molecule has 2 fully saturated rings. The molecule has 2 aliphatic rings. The number of aryl methyl sites for hydroxylation is 1. The van der Waals surface area contributed by atoms with Crippen molar-refractivity contribution in [1.82, 2.24) is 24.8 Å². The van der Waals surface area contributed by atoms with Gasteiger partial charge >= 0.3 is 6.03 Å². The maximum atomic E-state index is 12.6. The second kappa shape index (κ2) is 7.89. The molecule has 5 rings (SSSR count). The molecule has 0 bridgehead atoms. The third kappa shape index (κ3) is 3.67. The van der Waals surface area contributed by atoms with Gasteiger partial charge in [0.25, 0.3) is 0 Å². The first-order valence-corrected chi connectivity index (χ1v) is 10.7. The topological polar surface area (TPSA) is 74.2 Å². The number of urea groups is 1. The SMILES string of the molecule is Cc1ccc(-c2cccc3cnc(NC4CCN(C(=O)N5CCCC5)C4)nc23)cn1. The minimum Gasteiger partial charge on any atom is -0.350 e. The molecule has 1 N–H and O–H groups in total. The Labute approximate surface area is 176 Å². The molecule has 1 unspecified atom stereocenters. The minimum atomic E-state index is 0.169. The number of para-hydroxylation sites is 1. The average molecular weight is 403 g/mol. The lowest BCUT2D eigenvalue weighted by atomic mass is 10.0. The number of amides is 2. The second-order valence-corrected chi connectivity index (χ2v) is 8.18. The van der Waals surface area contributed by atoms with Crippen LogP contribution in [0.4, 0.5) is 10.7 Å². The first kappa shape index (κ1) is 18.8. The standard InChI is InChI=1S/C23H26N6O/c1-16-7-8-17(13-24-16)20-6-4-5-18-14-25-22(27-21(18)20)26-19-9-12-29(15-19)23(30)28-10-2-3-11-28/h4-8,13-14,19H,2-3,9-12,15H2,1H3,(H,25,26,27). The van der Waals surface area contributed by atoms with Crippen LogP contribution in [0.1, 0.15) is 25.0 Å². The third-order valence-electron chi connectivity index (χ3n) is 6.00. The number of likely N-dealkylation sites (tertiary alicyclic amines) is 2. The van der Waals surface area contributed by atoms with Crippen LogP contribution in [-0.4, -0.2) is 63.0 Å². The molecule has 2 saturated heterocycles. The molecular formula is C23H26N6O. The monoisotopic (exact) mass is 402 g/mol. The van der Waals surface area contributed by atoms with Gasteiger partial charge in [0.1, 0.15) is 0 Å². The Morgan fingerprint density at radius 3 is 2.70 bits per heavy atom. The molecular weight excluding hydrogens is 376 g/mol. The number of nitrogens with zero attached hydrogens (tertiary/aromatic N) is 5. The lowest BCUT2D eigenvalue weighted by Crippen LogP contribution is -2.41.